The molecule has 7 nitrogen and oxygen atoms in total. The Kier molecular flexibility index (Phi) is 5.34. The van der Waals surface area contributed by atoms with Crippen molar-refractivity contribution in [1.82, 2.24) is 19.9 Å². The van der Waals surface area contributed by atoms with Crippen molar-refractivity contribution in [3.05, 3.63) is 72.2 Å². The number of ether oxygens (including phenoxy) is 1. The fraction of sp³-hybridized carbons (Fsp3) is 0.217. The van der Waals surface area contributed by atoms with Gasteiger partial charge < -0.3 is 14.6 Å². The molecule has 1 N–H and O–H groups in total. The van der Waals surface area contributed by atoms with Crippen LogP contribution in [0.5, 0.6) is 5.75 Å². The van der Waals surface area contributed by atoms with E-state index >= 15 is 0 Å². The standard InChI is InChI=1S/C23H20F2N4O3S/c1-33(30,31)22-11-15(8-9-27-22)14-6-7-17-18(10-14)29-19(12-26-13-21(29)28-17)16-4-2-3-5-20(16)32-23(24)25/h2-11,19,23,26H,12-13H2,1H3/t19-/m0/s1. The van der Waals surface area contributed by atoms with E-state index in [0.717, 1.165) is 28.7 Å². The lowest BCUT2D eigenvalue weighted by Gasteiger charge is -2.28. The minimum absolute atomic E-state index is 0.00411. The Bertz CT molecular complexity index is 1450. The van der Waals surface area contributed by atoms with Crippen molar-refractivity contribution in [2.45, 2.75) is 24.2 Å². The molecular weight excluding hydrogens is 450 g/mol. The van der Waals surface area contributed by atoms with Crippen LogP contribution in [-0.4, -0.2) is 42.4 Å². The molecule has 33 heavy (non-hydrogen) atoms. The summed E-state index contributed by atoms with van der Waals surface area (Å²) in [5.74, 6) is 0.897. The third kappa shape index (κ3) is 4.07. The summed E-state index contributed by atoms with van der Waals surface area (Å²) in [6.07, 6.45) is 2.58. The van der Waals surface area contributed by atoms with Crippen LogP contribution in [0.4, 0.5) is 8.78 Å². The number of pyridine rings is 1. The van der Waals surface area contributed by atoms with Crippen molar-refractivity contribution in [1.29, 1.82) is 0 Å². The summed E-state index contributed by atoms with van der Waals surface area (Å²) >= 11 is 0. The number of hydrogen-bond acceptors (Lipinski definition) is 6. The largest absolute Gasteiger partial charge is 0.434 e. The molecule has 0 unspecified atom stereocenters. The zero-order valence-electron chi connectivity index (χ0n) is 17.6. The summed E-state index contributed by atoms with van der Waals surface area (Å²) in [5.41, 5.74) is 3.70. The number of sulfone groups is 1. The van der Waals surface area contributed by atoms with Crippen molar-refractivity contribution in [2.24, 2.45) is 0 Å². The van der Waals surface area contributed by atoms with Crippen LogP contribution >= 0.6 is 0 Å². The summed E-state index contributed by atoms with van der Waals surface area (Å²) in [6, 6.07) is 15.4. The molecule has 0 aliphatic carbocycles. The summed E-state index contributed by atoms with van der Waals surface area (Å²) in [4.78, 5) is 8.67. The summed E-state index contributed by atoms with van der Waals surface area (Å²) in [7, 11) is -3.45. The minimum atomic E-state index is -3.45. The second-order valence-corrected chi connectivity index (χ2v) is 9.78. The molecule has 0 spiro atoms. The van der Waals surface area contributed by atoms with Gasteiger partial charge in [-0.1, -0.05) is 24.3 Å². The second-order valence-electron chi connectivity index (χ2n) is 7.82. The number of nitrogens with one attached hydrogen (secondary N) is 1. The van der Waals surface area contributed by atoms with E-state index in [4.69, 9.17) is 9.72 Å². The van der Waals surface area contributed by atoms with E-state index in [-0.39, 0.29) is 16.8 Å². The van der Waals surface area contributed by atoms with Crippen LogP contribution < -0.4 is 10.1 Å². The van der Waals surface area contributed by atoms with Crippen LogP contribution in [0.2, 0.25) is 0 Å². The Morgan fingerprint density at radius 3 is 2.70 bits per heavy atom. The molecule has 4 aromatic rings. The summed E-state index contributed by atoms with van der Waals surface area (Å²) in [6.45, 7) is -1.88. The van der Waals surface area contributed by atoms with Gasteiger partial charge in [-0.05, 0) is 41.5 Å². The maximum absolute atomic E-state index is 13.0. The highest BCUT2D eigenvalue weighted by Crippen LogP contribution is 2.35. The van der Waals surface area contributed by atoms with Gasteiger partial charge in [0.25, 0.3) is 0 Å². The summed E-state index contributed by atoms with van der Waals surface area (Å²) < 4.78 is 56.7. The van der Waals surface area contributed by atoms with E-state index in [2.05, 4.69) is 10.3 Å². The van der Waals surface area contributed by atoms with Crippen LogP contribution in [0.15, 0.2) is 65.8 Å². The van der Waals surface area contributed by atoms with Crippen molar-refractivity contribution in [2.75, 3.05) is 12.8 Å². The Labute approximate surface area is 189 Å². The van der Waals surface area contributed by atoms with E-state index in [1.54, 1.807) is 24.3 Å². The zero-order valence-corrected chi connectivity index (χ0v) is 18.4. The lowest BCUT2D eigenvalue weighted by molar-refractivity contribution is -0.0507. The van der Waals surface area contributed by atoms with E-state index in [1.807, 2.05) is 22.8 Å². The van der Waals surface area contributed by atoms with Crippen LogP contribution in [0.3, 0.4) is 0 Å². The molecule has 10 heteroatoms. The number of fused-ring (bicyclic) bond motifs is 3. The van der Waals surface area contributed by atoms with Gasteiger partial charge in [-0.2, -0.15) is 8.78 Å². The quantitative estimate of drug-likeness (QED) is 0.478. The van der Waals surface area contributed by atoms with Gasteiger partial charge in [-0.15, -0.1) is 0 Å². The molecule has 0 radical (unpaired) electrons. The lowest BCUT2D eigenvalue weighted by Crippen LogP contribution is -2.34. The third-order valence-electron chi connectivity index (χ3n) is 5.64. The number of aromatic nitrogens is 3. The first-order valence-electron chi connectivity index (χ1n) is 10.2. The van der Waals surface area contributed by atoms with Crippen LogP contribution in [0.25, 0.3) is 22.2 Å². The van der Waals surface area contributed by atoms with E-state index in [0.29, 0.717) is 24.2 Å². The van der Waals surface area contributed by atoms with Crippen LogP contribution in [0.1, 0.15) is 17.4 Å². The number of imidazole rings is 1. The first kappa shape index (κ1) is 21.5. The smallest absolute Gasteiger partial charge is 0.387 e. The molecular formula is C23H20F2N4O3S. The number of hydrogen-bond donors (Lipinski definition) is 1. The van der Waals surface area contributed by atoms with Gasteiger partial charge in [-0.3, -0.25) is 0 Å². The average Bonchev–Trinajstić information content (AvgIpc) is 3.17. The molecule has 5 rings (SSSR count). The molecule has 1 atom stereocenters. The highest BCUT2D eigenvalue weighted by molar-refractivity contribution is 7.90. The minimum Gasteiger partial charge on any atom is -0.434 e. The van der Waals surface area contributed by atoms with Gasteiger partial charge in [-0.25, -0.2) is 18.4 Å². The first-order valence-corrected chi connectivity index (χ1v) is 12.1. The Balaban J connectivity index is 1.65. The van der Waals surface area contributed by atoms with Crippen molar-refractivity contribution >= 4 is 20.9 Å². The van der Waals surface area contributed by atoms with Crippen molar-refractivity contribution < 1.29 is 21.9 Å². The predicted molar refractivity (Wildman–Crippen MR) is 119 cm³/mol. The SMILES string of the molecule is CS(=O)(=O)c1cc(-c2ccc3nc4n(c3c2)[C@H](c2ccccc2OC(F)F)CNC4)ccn1. The van der Waals surface area contributed by atoms with E-state index in [1.165, 1.54) is 18.3 Å². The van der Waals surface area contributed by atoms with Crippen molar-refractivity contribution in [3.63, 3.8) is 0 Å². The van der Waals surface area contributed by atoms with Gasteiger partial charge >= 0.3 is 6.61 Å². The first-order chi connectivity index (χ1) is 15.8. The fourth-order valence-electron chi connectivity index (χ4n) is 4.21. The molecule has 1 aliphatic rings. The van der Waals surface area contributed by atoms with Gasteiger partial charge in [0.05, 0.1) is 23.6 Å². The molecule has 0 bridgehead atoms. The molecule has 0 amide bonds. The highest BCUT2D eigenvalue weighted by Gasteiger charge is 2.27. The molecule has 2 aromatic heterocycles. The molecule has 2 aromatic carbocycles. The zero-order chi connectivity index (χ0) is 23.2. The Morgan fingerprint density at radius 2 is 1.91 bits per heavy atom. The van der Waals surface area contributed by atoms with Gasteiger partial charge in [0.1, 0.15) is 11.6 Å². The number of nitrogens with zero attached hydrogens (tertiary/aromatic N) is 3. The fourth-order valence-corrected chi connectivity index (χ4v) is 4.80. The molecule has 0 saturated heterocycles. The Hall–Kier alpha value is -3.37. The number of para-hydroxylation sites is 1. The topological polar surface area (TPSA) is 86.1 Å². The van der Waals surface area contributed by atoms with E-state index in [9.17, 15) is 17.2 Å². The maximum Gasteiger partial charge on any atom is 0.387 e. The Morgan fingerprint density at radius 1 is 1.12 bits per heavy atom. The van der Waals surface area contributed by atoms with Gasteiger partial charge in [0.15, 0.2) is 14.9 Å². The van der Waals surface area contributed by atoms with Crippen molar-refractivity contribution in [3.8, 4) is 16.9 Å². The molecule has 0 fully saturated rings. The molecule has 170 valence electrons. The normalized spacial score (nSPS) is 16.2. The predicted octanol–water partition coefficient (Wildman–Crippen LogP) is 3.80. The van der Waals surface area contributed by atoms with E-state index < -0.39 is 16.4 Å². The lowest BCUT2D eigenvalue weighted by atomic mass is 10.0. The van der Waals surface area contributed by atoms with Crippen LogP contribution in [0, 0.1) is 0 Å². The number of benzene rings is 2. The number of alkyl halides is 2. The second kappa shape index (κ2) is 8.20. The third-order valence-corrected chi connectivity index (χ3v) is 6.62. The maximum atomic E-state index is 13.0. The van der Waals surface area contributed by atoms with Gasteiger partial charge in [0.2, 0.25) is 0 Å². The monoisotopic (exact) mass is 470 g/mol. The van der Waals surface area contributed by atoms with Gasteiger partial charge in [0, 0.05) is 24.6 Å². The summed E-state index contributed by atoms with van der Waals surface area (Å²) in [5, 5.41) is 3.30. The van der Waals surface area contributed by atoms with Crippen LogP contribution in [-0.2, 0) is 16.4 Å². The highest BCUT2D eigenvalue weighted by atomic mass is 32.2. The molecule has 3 heterocycles. The average molecular weight is 471 g/mol. The number of halogens is 2. The number of rotatable bonds is 5. The molecule has 1 aliphatic heterocycles. The molecule has 0 saturated carbocycles.